The van der Waals surface area contributed by atoms with Gasteiger partial charge >= 0.3 is 0 Å². The number of aromatic nitrogens is 2. The highest BCUT2D eigenvalue weighted by molar-refractivity contribution is 5.27. The Hall–Kier alpha value is -2.18. The quantitative estimate of drug-likeness (QED) is 0.783. The molecule has 1 aliphatic heterocycles. The van der Waals surface area contributed by atoms with Crippen molar-refractivity contribution in [2.24, 2.45) is 0 Å². The maximum Gasteiger partial charge on any atom is 0.237 e. The topological polar surface area (TPSA) is 67.7 Å². The number of rotatable bonds is 8. The number of nitrogens with zero attached hydrogens (tertiary/aromatic N) is 3. The van der Waals surface area contributed by atoms with Gasteiger partial charge in [0, 0.05) is 25.2 Å². The van der Waals surface area contributed by atoms with Gasteiger partial charge in [-0.1, -0.05) is 26.0 Å². The van der Waals surface area contributed by atoms with Crippen LogP contribution in [0.5, 0.6) is 11.6 Å². The number of hydrogen-bond donors (Lipinski definition) is 1. The fourth-order valence-electron chi connectivity index (χ4n) is 3.10. The fraction of sp³-hybridized carbons (Fsp3) is 0.500. The van der Waals surface area contributed by atoms with Gasteiger partial charge < -0.3 is 14.6 Å². The van der Waals surface area contributed by atoms with E-state index in [0.29, 0.717) is 18.4 Å². The van der Waals surface area contributed by atoms with Gasteiger partial charge in [0.2, 0.25) is 5.88 Å². The number of benzene rings is 1. The molecule has 1 atom stereocenters. The van der Waals surface area contributed by atoms with E-state index in [1.807, 2.05) is 30.3 Å². The molecule has 3 rings (SSSR count). The van der Waals surface area contributed by atoms with Crippen molar-refractivity contribution in [1.82, 2.24) is 15.1 Å². The van der Waals surface area contributed by atoms with Crippen LogP contribution in [-0.4, -0.2) is 52.5 Å². The van der Waals surface area contributed by atoms with Crippen LogP contribution in [0.15, 0.2) is 36.5 Å². The Balaban J connectivity index is 1.44. The van der Waals surface area contributed by atoms with Crippen molar-refractivity contribution in [3.05, 3.63) is 47.7 Å². The van der Waals surface area contributed by atoms with Gasteiger partial charge in [-0.25, -0.2) is 0 Å². The van der Waals surface area contributed by atoms with Gasteiger partial charge in [0.1, 0.15) is 18.5 Å². The summed E-state index contributed by atoms with van der Waals surface area (Å²) in [5.74, 6) is 1.86. The van der Waals surface area contributed by atoms with Crippen molar-refractivity contribution in [2.75, 3.05) is 26.2 Å². The summed E-state index contributed by atoms with van der Waals surface area (Å²) in [6.45, 7) is 7.69. The van der Waals surface area contributed by atoms with Crippen molar-refractivity contribution >= 4 is 0 Å². The Kier molecular flexibility index (Phi) is 6.41. The zero-order valence-corrected chi connectivity index (χ0v) is 15.5. The lowest BCUT2D eigenvalue weighted by Gasteiger charge is -2.18. The molecular formula is C20H27N3O3. The Morgan fingerprint density at radius 1 is 1.23 bits per heavy atom. The number of aliphatic hydroxyl groups excluding tert-OH is 1. The molecule has 1 unspecified atom stereocenters. The number of aliphatic hydroxyl groups is 1. The second-order valence-electron chi connectivity index (χ2n) is 6.93. The van der Waals surface area contributed by atoms with Crippen LogP contribution in [-0.2, 0) is 6.61 Å². The first-order valence-corrected chi connectivity index (χ1v) is 9.19. The Morgan fingerprint density at radius 2 is 2.04 bits per heavy atom. The number of ether oxygens (including phenoxy) is 2. The molecule has 0 aliphatic carbocycles. The minimum atomic E-state index is 0.0553. The second kappa shape index (κ2) is 8.96. The predicted octanol–water partition coefficient (Wildman–Crippen LogP) is 2.62. The van der Waals surface area contributed by atoms with Gasteiger partial charge in [-0.3, -0.25) is 4.90 Å². The van der Waals surface area contributed by atoms with E-state index >= 15 is 0 Å². The molecule has 0 bridgehead atoms. The number of hydrogen-bond acceptors (Lipinski definition) is 6. The summed E-state index contributed by atoms with van der Waals surface area (Å²) in [4.78, 5) is 2.35. The van der Waals surface area contributed by atoms with E-state index in [1.54, 1.807) is 6.20 Å². The van der Waals surface area contributed by atoms with Crippen molar-refractivity contribution in [3.8, 4) is 11.6 Å². The Morgan fingerprint density at radius 3 is 2.77 bits per heavy atom. The molecule has 1 saturated heterocycles. The normalized spacial score (nSPS) is 17.6. The summed E-state index contributed by atoms with van der Waals surface area (Å²) < 4.78 is 11.9. The van der Waals surface area contributed by atoms with Crippen LogP contribution in [0.2, 0.25) is 0 Å². The van der Waals surface area contributed by atoms with Crippen molar-refractivity contribution in [1.29, 1.82) is 0 Å². The van der Waals surface area contributed by atoms with Gasteiger partial charge in [0.05, 0.1) is 12.8 Å². The average Bonchev–Trinajstić information content (AvgIpc) is 3.10. The Labute approximate surface area is 154 Å². The minimum absolute atomic E-state index is 0.0553. The maximum absolute atomic E-state index is 9.06. The molecule has 2 aromatic rings. The molecule has 140 valence electrons. The molecule has 0 radical (unpaired) electrons. The Bertz CT molecular complexity index is 691. The highest BCUT2D eigenvalue weighted by Crippen LogP contribution is 2.25. The average molecular weight is 357 g/mol. The van der Waals surface area contributed by atoms with Crippen LogP contribution in [0.25, 0.3) is 0 Å². The van der Waals surface area contributed by atoms with Crippen LogP contribution < -0.4 is 9.47 Å². The van der Waals surface area contributed by atoms with Gasteiger partial charge in [0.15, 0.2) is 0 Å². The van der Waals surface area contributed by atoms with Crippen molar-refractivity contribution in [2.45, 2.75) is 38.9 Å². The van der Waals surface area contributed by atoms with Crippen molar-refractivity contribution < 1.29 is 14.6 Å². The van der Waals surface area contributed by atoms with E-state index in [4.69, 9.17) is 14.6 Å². The summed E-state index contributed by atoms with van der Waals surface area (Å²) in [5.41, 5.74) is 2.00. The molecule has 1 fully saturated rings. The van der Waals surface area contributed by atoms with E-state index in [2.05, 4.69) is 28.9 Å². The summed E-state index contributed by atoms with van der Waals surface area (Å²) in [5, 5.41) is 17.2. The van der Waals surface area contributed by atoms with Crippen LogP contribution >= 0.6 is 0 Å². The fourth-order valence-corrected chi connectivity index (χ4v) is 3.10. The zero-order chi connectivity index (χ0) is 18.4. The smallest absolute Gasteiger partial charge is 0.237 e. The lowest BCUT2D eigenvalue weighted by molar-refractivity contribution is 0.178. The van der Waals surface area contributed by atoms with Crippen LogP contribution in [0, 0.1) is 0 Å². The van der Waals surface area contributed by atoms with Crippen molar-refractivity contribution in [3.63, 3.8) is 0 Å². The van der Waals surface area contributed by atoms with Crippen LogP contribution in [0.1, 0.15) is 37.3 Å². The van der Waals surface area contributed by atoms with Gasteiger partial charge in [-0.2, -0.15) is 5.10 Å². The molecule has 2 heterocycles. The first-order chi connectivity index (χ1) is 12.7. The summed E-state index contributed by atoms with van der Waals surface area (Å²) >= 11 is 0. The summed E-state index contributed by atoms with van der Waals surface area (Å²) in [7, 11) is 0. The monoisotopic (exact) mass is 357 g/mol. The standard InChI is InChI=1S/C20H27N3O3/c1-15(2)19-7-9-21-22-20(19)26-18-8-10-23(13-18)11-12-25-17-5-3-16(14-24)4-6-17/h3-7,9,15,18,24H,8,10-14H2,1-2H3. The zero-order valence-electron chi connectivity index (χ0n) is 15.5. The third-order valence-corrected chi connectivity index (χ3v) is 4.63. The molecule has 1 aromatic carbocycles. The summed E-state index contributed by atoms with van der Waals surface area (Å²) in [6.07, 6.45) is 2.85. The molecule has 6 nitrogen and oxygen atoms in total. The molecule has 6 heteroatoms. The van der Waals surface area contributed by atoms with Gasteiger partial charge in [-0.05, 0) is 36.1 Å². The second-order valence-corrected chi connectivity index (χ2v) is 6.93. The largest absolute Gasteiger partial charge is 0.492 e. The molecule has 0 amide bonds. The molecule has 26 heavy (non-hydrogen) atoms. The van der Waals surface area contributed by atoms with E-state index in [9.17, 15) is 0 Å². The molecular weight excluding hydrogens is 330 g/mol. The summed E-state index contributed by atoms with van der Waals surface area (Å²) in [6, 6.07) is 9.52. The van der Waals surface area contributed by atoms with E-state index in [0.717, 1.165) is 42.9 Å². The molecule has 0 spiro atoms. The van der Waals surface area contributed by atoms with Crippen LogP contribution in [0.4, 0.5) is 0 Å². The first kappa shape index (κ1) is 18.6. The molecule has 0 saturated carbocycles. The highest BCUT2D eigenvalue weighted by atomic mass is 16.5. The maximum atomic E-state index is 9.06. The lowest BCUT2D eigenvalue weighted by Crippen LogP contribution is -2.29. The highest BCUT2D eigenvalue weighted by Gasteiger charge is 2.25. The van der Waals surface area contributed by atoms with E-state index in [1.165, 1.54) is 0 Å². The molecule has 1 N–H and O–H groups in total. The lowest BCUT2D eigenvalue weighted by atomic mass is 10.1. The first-order valence-electron chi connectivity index (χ1n) is 9.19. The van der Waals surface area contributed by atoms with Crippen LogP contribution in [0.3, 0.4) is 0 Å². The predicted molar refractivity (Wildman–Crippen MR) is 99.5 cm³/mol. The SMILES string of the molecule is CC(C)c1ccnnc1OC1CCN(CCOc2ccc(CO)cc2)C1. The van der Waals surface area contributed by atoms with Gasteiger partial charge in [0.25, 0.3) is 0 Å². The van der Waals surface area contributed by atoms with Gasteiger partial charge in [-0.15, -0.1) is 5.10 Å². The molecule has 1 aliphatic rings. The van der Waals surface area contributed by atoms with E-state index in [-0.39, 0.29) is 12.7 Å². The minimum Gasteiger partial charge on any atom is -0.492 e. The third kappa shape index (κ3) is 4.93. The third-order valence-electron chi connectivity index (χ3n) is 4.63. The molecule has 1 aromatic heterocycles. The number of likely N-dealkylation sites (tertiary alicyclic amines) is 1. The van der Waals surface area contributed by atoms with E-state index < -0.39 is 0 Å².